The highest BCUT2D eigenvalue weighted by Gasteiger charge is 2.30. The standard InChI is InChI=1S/C19H20O2.CH4/c1-19(2,3)18(20)21-12-17-15-10-6-4-8-13(15)14-9-5-7-11-16(14)17;/h4-11,17H,12H2,1-3H3;1H4. The Bertz CT molecular complexity index is 635. The van der Waals surface area contributed by atoms with Crippen molar-refractivity contribution in [2.24, 2.45) is 5.41 Å². The Morgan fingerprint density at radius 3 is 1.86 bits per heavy atom. The van der Waals surface area contributed by atoms with Crippen molar-refractivity contribution in [3.05, 3.63) is 59.7 Å². The van der Waals surface area contributed by atoms with Gasteiger partial charge in [0.1, 0.15) is 6.61 Å². The van der Waals surface area contributed by atoms with Gasteiger partial charge in [-0.3, -0.25) is 4.79 Å². The lowest BCUT2D eigenvalue weighted by Gasteiger charge is -2.20. The second kappa shape index (κ2) is 5.96. The monoisotopic (exact) mass is 296 g/mol. The molecule has 0 aromatic heterocycles. The second-order valence-electron chi connectivity index (χ2n) is 6.58. The van der Waals surface area contributed by atoms with Crippen LogP contribution in [0.4, 0.5) is 0 Å². The van der Waals surface area contributed by atoms with E-state index < -0.39 is 5.41 Å². The van der Waals surface area contributed by atoms with E-state index >= 15 is 0 Å². The summed E-state index contributed by atoms with van der Waals surface area (Å²) in [5.41, 5.74) is 4.55. The molecule has 0 aliphatic heterocycles. The van der Waals surface area contributed by atoms with E-state index in [9.17, 15) is 4.79 Å². The van der Waals surface area contributed by atoms with E-state index in [2.05, 4.69) is 36.4 Å². The van der Waals surface area contributed by atoms with Gasteiger partial charge in [0.15, 0.2) is 0 Å². The maximum atomic E-state index is 12.0. The maximum Gasteiger partial charge on any atom is 0.311 e. The van der Waals surface area contributed by atoms with E-state index in [1.165, 1.54) is 22.3 Å². The fourth-order valence-electron chi connectivity index (χ4n) is 2.81. The third-order valence-electron chi connectivity index (χ3n) is 3.96. The van der Waals surface area contributed by atoms with Crippen molar-refractivity contribution in [2.45, 2.75) is 34.1 Å². The molecule has 0 bridgehead atoms. The van der Waals surface area contributed by atoms with Crippen LogP contribution in [0.2, 0.25) is 0 Å². The van der Waals surface area contributed by atoms with Crippen LogP contribution in [0.5, 0.6) is 0 Å². The zero-order valence-corrected chi connectivity index (χ0v) is 12.7. The Kier molecular flexibility index (Phi) is 4.41. The molecule has 116 valence electrons. The molecule has 0 radical (unpaired) electrons. The highest BCUT2D eigenvalue weighted by Crippen LogP contribution is 2.44. The minimum atomic E-state index is -0.461. The van der Waals surface area contributed by atoms with Crippen LogP contribution in [-0.2, 0) is 9.53 Å². The Balaban J connectivity index is 0.00000176. The minimum Gasteiger partial charge on any atom is -0.464 e. The summed E-state index contributed by atoms with van der Waals surface area (Å²) in [5, 5.41) is 0. The molecule has 2 nitrogen and oxygen atoms in total. The Hall–Kier alpha value is -2.09. The van der Waals surface area contributed by atoms with Gasteiger partial charge in [0.2, 0.25) is 0 Å². The largest absolute Gasteiger partial charge is 0.464 e. The molecule has 0 saturated heterocycles. The third-order valence-corrected chi connectivity index (χ3v) is 3.96. The van der Waals surface area contributed by atoms with E-state index in [-0.39, 0.29) is 19.3 Å². The summed E-state index contributed by atoms with van der Waals surface area (Å²) in [4.78, 5) is 12.0. The van der Waals surface area contributed by atoms with Crippen molar-refractivity contribution >= 4 is 5.97 Å². The summed E-state index contributed by atoms with van der Waals surface area (Å²) in [6.45, 7) is 6.05. The molecule has 2 aromatic carbocycles. The number of benzene rings is 2. The van der Waals surface area contributed by atoms with Crippen molar-refractivity contribution in [1.29, 1.82) is 0 Å². The Morgan fingerprint density at radius 2 is 1.41 bits per heavy atom. The van der Waals surface area contributed by atoms with Gasteiger partial charge >= 0.3 is 5.97 Å². The topological polar surface area (TPSA) is 26.3 Å². The van der Waals surface area contributed by atoms with Crippen molar-refractivity contribution in [1.82, 2.24) is 0 Å². The summed E-state index contributed by atoms with van der Waals surface area (Å²) >= 11 is 0. The van der Waals surface area contributed by atoms with Crippen LogP contribution in [0, 0.1) is 5.41 Å². The number of ether oxygens (including phenoxy) is 1. The molecule has 0 spiro atoms. The van der Waals surface area contributed by atoms with Gasteiger partial charge in [-0.05, 0) is 43.0 Å². The van der Waals surface area contributed by atoms with Gasteiger partial charge in [0, 0.05) is 5.92 Å². The van der Waals surface area contributed by atoms with Gasteiger partial charge in [-0.1, -0.05) is 56.0 Å². The fraction of sp³-hybridized carbons (Fsp3) is 0.350. The van der Waals surface area contributed by atoms with Gasteiger partial charge in [0.05, 0.1) is 5.41 Å². The second-order valence-corrected chi connectivity index (χ2v) is 6.58. The van der Waals surface area contributed by atoms with E-state index in [1.807, 2.05) is 32.9 Å². The highest BCUT2D eigenvalue weighted by molar-refractivity contribution is 5.79. The molecule has 0 N–H and O–H groups in total. The first-order valence-corrected chi connectivity index (χ1v) is 7.34. The first-order valence-electron chi connectivity index (χ1n) is 7.34. The normalized spacial score (nSPS) is 13.0. The molecule has 0 amide bonds. The molecule has 0 saturated carbocycles. The van der Waals surface area contributed by atoms with E-state index in [0.717, 1.165) is 0 Å². The van der Waals surface area contributed by atoms with Gasteiger partial charge in [-0.2, -0.15) is 0 Å². The molecule has 2 heteroatoms. The summed E-state index contributed by atoms with van der Waals surface area (Å²) in [6, 6.07) is 16.7. The van der Waals surface area contributed by atoms with Crippen molar-refractivity contribution in [2.75, 3.05) is 6.61 Å². The predicted octanol–water partition coefficient (Wildman–Crippen LogP) is 5.02. The lowest BCUT2D eigenvalue weighted by molar-refractivity contribution is -0.153. The van der Waals surface area contributed by atoms with E-state index in [4.69, 9.17) is 4.74 Å². The van der Waals surface area contributed by atoms with E-state index in [0.29, 0.717) is 6.61 Å². The van der Waals surface area contributed by atoms with Crippen LogP contribution in [0.15, 0.2) is 48.5 Å². The molecule has 0 fully saturated rings. The first kappa shape index (κ1) is 16.3. The van der Waals surface area contributed by atoms with Gasteiger partial charge in [-0.25, -0.2) is 0 Å². The van der Waals surface area contributed by atoms with Crippen molar-refractivity contribution in [3.63, 3.8) is 0 Å². The zero-order valence-electron chi connectivity index (χ0n) is 12.7. The zero-order chi connectivity index (χ0) is 15.0. The van der Waals surface area contributed by atoms with Gasteiger partial charge < -0.3 is 4.74 Å². The average Bonchev–Trinajstić information content (AvgIpc) is 2.78. The summed E-state index contributed by atoms with van der Waals surface area (Å²) < 4.78 is 5.57. The lowest BCUT2D eigenvalue weighted by atomic mass is 9.96. The lowest BCUT2D eigenvalue weighted by Crippen LogP contribution is -2.25. The molecule has 0 heterocycles. The maximum absolute atomic E-state index is 12.0. The van der Waals surface area contributed by atoms with Crippen LogP contribution in [-0.4, -0.2) is 12.6 Å². The third kappa shape index (κ3) is 2.78. The summed E-state index contributed by atoms with van der Waals surface area (Å²) in [5.74, 6) is -0.00642. The molecule has 2 aromatic rings. The van der Waals surface area contributed by atoms with Crippen LogP contribution >= 0.6 is 0 Å². The minimum absolute atomic E-state index is 0. The predicted molar refractivity (Wildman–Crippen MR) is 90.9 cm³/mol. The van der Waals surface area contributed by atoms with Crippen LogP contribution in [0.1, 0.15) is 45.2 Å². The highest BCUT2D eigenvalue weighted by atomic mass is 16.5. The smallest absolute Gasteiger partial charge is 0.311 e. The quantitative estimate of drug-likeness (QED) is 0.727. The number of hydrogen-bond donors (Lipinski definition) is 0. The molecular weight excluding hydrogens is 272 g/mol. The number of fused-ring (bicyclic) bond motifs is 3. The molecular formula is C20H24O2. The Labute approximate surface area is 133 Å². The number of carbonyl (C=O) groups is 1. The molecule has 0 unspecified atom stereocenters. The fourth-order valence-corrected chi connectivity index (χ4v) is 2.81. The number of carbonyl (C=O) groups excluding carboxylic acids is 1. The molecule has 1 aliphatic rings. The van der Waals surface area contributed by atoms with Crippen molar-refractivity contribution < 1.29 is 9.53 Å². The molecule has 1 aliphatic carbocycles. The first-order chi connectivity index (χ1) is 9.98. The summed E-state index contributed by atoms with van der Waals surface area (Å²) in [7, 11) is 0. The van der Waals surface area contributed by atoms with Gasteiger partial charge in [-0.15, -0.1) is 0 Å². The van der Waals surface area contributed by atoms with Crippen molar-refractivity contribution in [3.8, 4) is 11.1 Å². The molecule has 0 atom stereocenters. The van der Waals surface area contributed by atoms with E-state index in [1.54, 1.807) is 0 Å². The van der Waals surface area contributed by atoms with Crippen LogP contribution in [0.3, 0.4) is 0 Å². The average molecular weight is 296 g/mol. The number of hydrogen-bond acceptors (Lipinski definition) is 2. The molecule has 3 rings (SSSR count). The molecule has 22 heavy (non-hydrogen) atoms. The summed E-state index contributed by atoms with van der Waals surface area (Å²) in [6.07, 6.45) is 0. The number of esters is 1. The van der Waals surface area contributed by atoms with Gasteiger partial charge in [0.25, 0.3) is 0 Å². The van der Waals surface area contributed by atoms with Crippen LogP contribution < -0.4 is 0 Å². The van der Waals surface area contributed by atoms with Crippen LogP contribution in [0.25, 0.3) is 11.1 Å². The Morgan fingerprint density at radius 1 is 0.955 bits per heavy atom. The number of rotatable bonds is 2. The SMILES string of the molecule is C.CC(C)(C)C(=O)OCC1c2ccccc2-c2ccccc21.